The Bertz CT molecular complexity index is 378. The Morgan fingerprint density at radius 3 is 2.68 bits per heavy atom. The lowest BCUT2D eigenvalue weighted by atomic mass is 10.2. The largest absolute Gasteiger partial charge is 0.481 e. The number of hydrogen-bond donors (Lipinski definition) is 3. The number of rotatable bonds is 4. The molecule has 9 heteroatoms. The molecule has 1 heterocycles. The third-order valence-corrected chi connectivity index (χ3v) is 1.98. The van der Waals surface area contributed by atoms with Gasteiger partial charge in [-0.15, -0.1) is 0 Å². The number of aliphatic carboxylic acids is 1. The zero-order valence-corrected chi connectivity index (χ0v) is 10.9. The Labute approximate surface area is 109 Å². The zero-order chi connectivity index (χ0) is 14.6. The minimum atomic E-state index is -1.02. The third-order valence-electron chi connectivity index (χ3n) is 1.98. The molecule has 0 aromatic rings. The minimum Gasteiger partial charge on any atom is -0.481 e. The first-order chi connectivity index (χ1) is 8.67. The summed E-state index contributed by atoms with van der Waals surface area (Å²) in [5.74, 6) is -1.02. The van der Waals surface area contributed by atoms with Crippen LogP contribution in [0, 0.1) is 0 Å². The van der Waals surface area contributed by atoms with Crippen molar-refractivity contribution in [3.63, 3.8) is 0 Å². The number of nitrogens with zero attached hydrogens (tertiary/aromatic N) is 1. The average molecular weight is 275 g/mol. The molecule has 19 heavy (non-hydrogen) atoms. The molecule has 0 aromatic heterocycles. The summed E-state index contributed by atoms with van der Waals surface area (Å²) in [6, 6.07) is 0. The Morgan fingerprint density at radius 2 is 2.16 bits per heavy atom. The maximum atomic E-state index is 11.5. The van der Waals surface area contributed by atoms with E-state index in [1.54, 1.807) is 20.8 Å². The molecule has 1 saturated heterocycles. The summed E-state index contributed by atoms with van der Waals surface area (Å²) in [5, 5.41) is 11.8. The van der Waals surface area contributed by atoms with Crippen LogP contribution in [0.2, 0.25) is 0 Å². The van der Waals surface area contributed by atoms with Gasteiger partial charge in [-0.3, -0.25) is 10.1 Å². The molecule has 108 valence electrons. The van der Waals surface area contributed by atoms with Crippen molar-refractivity contribution in [1.29, 1.82) is 0 Å². The number of ether oxygens (including phenoxy) is 1. The van der Waals surface area contributed by atoms with E-state index in [2.05, 4.69) is 15.6 Å². The molecule has 1 aliphatic heterocycles. The maximum Gasteiger partial charge on any atom is 0.429 e. The second-order valence-corrected chi connectivity index (χ2v) is 4.91. The highest BCUT2D eigenvalue weighted by Crippen LogP contribution is 2.12. The van der Waals surface area contributed by atoms with E-state index in [0.29, 0.717) is 0 Å². The standard InChI is InChI=1S/C10H17N3O6/c1-10(2,3)18-9(17)12-13-6(4-5-7(14)15)11-8(16)19-13/h6H,4-5H2,1-3H3,(H,11,16)(H,12,17)(H,14,15)/t6-/m0/s1. The molecular weight excluding hydrogens is 258 g/mol. The minimum absolute atomic E-state index is 0.0802. The molecule has 3 N–H and O–H groups in total. The van der Waals surface area contributed by atoms with Gasteiger partial charge in [0.05, 0.1) is 0 Å². The number of hydroxylamine groups is 1. The van der Waals surface area contributed by atoms with E-state index in [4.69, 9.17) is 9.84 Å². The first-order valence-electron chi connectivity index (χ1n) is 5.66. The van der Waals surface area contributed by atoms with Crippen molar-refractivity contribution in [2.24, 2.45) is 0 Å². The number of carbonyl (C=O) groups is 3. The first-order valence-corrected chi connectivity index (χ1v) is 5.66. The lowest BCUT2D eigenvalue weighted by molar-refractivity contribution is -0.142. The molecular formula is C10H17N3O6. The van der Waals surface area contributed by atoms with Crippen LogP contribution in [0.5, 0.6) is 0 Å². The summed E-state index contributed by atoms with van der Waals surface area (Å²) in [7, 11) is 0. The molecule has 9 nitrogen and oxygen atoms in total. The Hall–Kier alpha value is -2.03. The number of carboxylic acids is 1. The highest BCUT2D eigenvalue weighted by molar-refractivity contribution is 5.71. The lowest BCUT2D eigenvalue weighted by Crippen LogP contribution is -2.48. The summed E-state index contributed by atoms with van der Waals surface area (Å²) >= 11 is 0. The lowest BCUT2D eigenvalue weighted by Gasteiger charge is -2.23. The van der Waals surface area contributed by atoms with Crippen molar-refractivity contribution in [1.82, 2.24) is 15.9 Å². The van der Waals surface area contributed by atoms with E-state index in [9.17, 15) is 14.4 Å². The normalized spacial score (nSPS) is 19.5. The van der Waals surface area contributed by atoms with Gasteiger partial charge in [0.25, 0.3) is 0 Å². The van der Waals surface area contributed by atoms with Crippen LogP contribution < -0.4 is 10.7 Å². The molecule has 0 aromatic carbocycles. The number of nitrogens with one attached hydrogen (secondary N) is 2. The van der Waals surface area contributed by atoms with E-state index >= 15 is 0 Å². The van der Waals surface area contributed by atoms with Crippen molar-refractivity contribution < 1.29 is 29.1 Å². The van der Waals surface area contributed by atoms with Crippen LogP contribution in [0.4, 0.5) is 9.59 Å². The molecule has 0 bridgehead atoms. The molecule has 1 rings (SSSR count). The third kappa shape index (κ3) is 5.42. The molecule has 0 saturated carbocycles. The molecule has 0 aliphatic carbocycles. The van der Waals surface area contributed by atoms with Crippen molar-refractivity contribution in [3.05, 3.63) is 0 Å². The van der Waals surface area contributed by atoms with Gasteiger partial charge in [0, 0.05) is 6.42 Å². The van der Waals surface area contributed by atoms with Gasteiger partial charge >= 0.3 is 18.2 Å². The van der Waals surface area contributed by atoms with Gasteiger partial charge < -0.3 is 14.7 Å². The molecule has 2 amide bonds. The van der Waals surface area contributed by atoms with Gasteiger partial charge in [-0.2, -0.15) is 0 Å². The molecule has 0 spiro atoms. The van der Waals surface area contributed by atoms with Crippen molar-refractivity contribution in [2.75, 3.05) is 0 Å². The Morgan fingerprint density at radius 1 is 1.53 bits per heavy atom. The number of hydrazine groups is 1. The van der Waals surface area contributed by atoms with Crippen molar-refractivity contribution in [3.8, 4) is 0 Å². The van der Waals surface area contributed by atoms with Gasteiger partial charge in [0.2, 0.25) is 0 Å². The van der Waals surface area contributed by atoms with Gasteiger partial charge in [-0.25, -0.2) is 15.0 Å². The summed E-state index contributed by atoms with van der Waals surface area (Å²) in [6.45, 7) is 5.05. The monoisotopic (exact) mass is 275 g/mol. The molecule has 0 radical (unpaired) electrons. The van der Waals surface area contributed by atoms with Gasteiger partial charge in [-0.05, 0) is 32.4 Å². The van der Waals surface area contributed by atoms with E-state index in [-0.39, 0.29) is 12.8 Å². The van der Waals surface area contributed by atoms with Crippen molar-refractivity contribution in [2.45, 2.75) is 45.4 Å². The van der Waals surface area contributed by atoms with Crippen LogP contribution in [0.1, 0.15) is 33.6 Å². The highest BCUT2D eigenvalue weighted by Gasteiger charge is 2.34. The topological polar surface area (TPSA) is 117 Å². The van der Waals surface area contributed by atoms with Crippen LogP contribution in [-0.4, -0.2) is 40.2 Å². The fraction of sp³-hybridized carbons (Fsp3) is 0.700. The van der Waals surface area contributed by atoms with E-state index < -0.39 is 29.9 Å². The fourth-order valence-corrected chi connectivity index (χ4v) is 1.32. The number of carboxylic acid groups (broad SMARTS) is 1. The molecule has 1 atom stereocenters. The van der Waals surface area contributed by atoms with Crippen LogP contribution in [0.3, 0.4) is 0 Å². The number of hydrogen-bond acceptors (Lipinski definition) is 6. The first kappa shape index (κ1) is 15.0. The quantitative estimate of drug-likeness (QED) is 0.686. The van der Waals surface area contributed by atoms with Gasteiger partial charge in [0.1, 0.15) is 11.8 Å². The predicted molar refractivity (Wildman–Crippen MR) is 61.5 cm³/mol. The fourth-order valence-electron chi connectivity index (χ4n) is 1.32. The summed E-state index contributed by atoms with van der Waals surface area (Å²) in [6.07, 6.45) is -2.43. The van der Waals surface area contributed by atoms with Crippen LogP contribution in [0.15, 0.2) is 0 Å². The second kappa shape index (κ2) is 5.74. The highest BCUT2D eigenvalue weighted by atomic mass is 16.8. The van der Waals surface area contributed by atoms with Crippen molar-refractivity contribution >= 4 is 18.2 Å². The summed E-state index contributed by atoms with van der Waals surface area (Å²) in [4.78, 5) is 37.7. The van der Waals surface area contributed by atoms with Gasteiger partial charge in [0.15, 0.2) is 0 Å². The molecule has 1 fully saturated rings. The Kier molecular flexibility index (Phi) is 4.54. The maximum absolute atomic E-state index is 11.5. The van der Waals surface area contributed by atoms with Gasteiger partial charge in [-0.1, -0.05) is 0 Å². The second-order valence-electron chi connectivity index (χ2n) is 4.91. The zero-order valence-electron chi connectivity index (χ0n) is 10.9. The molecule has 1 aliphatic rings. The predicted octanol–water partition coefficient (Wildman–Crippen LogP) is 0.574. The average Bonchev–Trinajstić information content (AvgIpc) is 2.52. The van der Waals surface area contributed by atoms with E-state index in [1.807, 2.05) is 0 Å². The van der Waals surface area contributed by atoms with Crippen LogP contribution in [-0.2, 0) is 14.4 Å². The summed E-state index contributed by atoms with van der Waals surface area (Å²) in [5.41, 5.74) is 1.52. The molecule has 0 unspecified atom stereocenters. The SMILES string of the molecule is CC(C)(C)OC(=O)NN1OC(=O)N[C@@H]1CCC(=O)O. The number of carbonyl (C=O) groups excluding carboxylic acids is 2. The smallest absolute Gasteiger partial charge is 0.429 e. The number of amides is 2. The van der Waals surface area contributed by atoms with Crippen LogP contribution in [0.25, 0.3) is 0 Å². The Balaban J connectivity index is 2.52. The van der Waals surface area contributed by atoms with E-state index in [0.717, 1.165) is 5.17 Å². The van der Waals surface area contributed by atoms with E-state index in [1.165, 1.54) is 0 Å². The van der Waals surface area contributed by atoms with Crippen LogP contribution >= 0.6 is 0 Å². The summed E-state index contributed by atoms with van der Waals surface area (Å²) < 4.78 is 4.98.